The van der Waals surface area contributed by atoms with Crippen LogP contribution >= 0.6 is 11.8 Å². The lowest BCUT2D eigenvalue weighted by Gasteiger charge is -2.29. The van der Waals surface area contributed by atoms with Crippen LogP contribution in [-0.2, 0) is 17.0 Å². The second kappa shape index (κ2) is 9.44. The van der Waals surface area contributed by atoms with Crippen molar-refractivity contribution < 1.29 is 13.5 Å². The van der Waals surface area contributed by atoms with E-state index >= 15 is 0 Å². The maximum Gasteiger partial charge on any atom is 0.256 e. The van der Waals surface area contributed by atoms with Gasteiger partial charge in [-0.1, -0.05) is 11.8 Å². The van der Waals surface area contributed by atoms with Crippen LogP contribution in [-0.4, -0.2) is 41.3 Å². The normalized spacial score (nSPS) is 14.2. The maximum absolute atomic E-state index is 13.4. The molecule has 4 heterocycles. The maximum atomic E-state index is 13.4. The van der Waals surface area contributed by atoms with Crippen molar-refractivity contribution in [3.8, 4) is 0 Å². The first-order chi connectivity index (χ1) is 14.6. The number of nitrogens with zero attached hydrogens (tertiary/aromatic N) is 4. The number of rotatable bonds is 7. The highest BCUT2D eigenvalue weighted by atomic mass is 32.2. The number of nitrogens with one attached hydrogen (secondary N) is 1. The third-order valence-electron chi connectivity index (χ3n) is 4.86. The number of halogens is 1. The summed E-state index contributed by atoms with van der Waals surface area (Å²) in [4.78, 5) is 15.1. The molecule has 3 aromatic heterocycles. The zero-order valence-electron chi connectivity index (χ0n) is 17.0. The minimum absolute atomic E-state index is 0.462. The molecule has 0 spiro atoms. The molecule has 7 nitrogen and oxygen atoms in total. The molecule has 1 N–H and O–H groups in total. The summed E-state index contributed by atoms with van der Waals surface area (Å²) in [6.45, 7) is 7.40. The average Bonchev–Trinajstić information content (AvgIpc) is 3.09. The first kappa shape index (κ1) is 20.6. The Hall–Kier alpha value is -2.65. The quantitative estimate of drug-likeness (QED) is 0.447. The predicted octanol–water partition coefficient (Wildman–Crippen LogP) is 3.96. The second-order valence-electron chi connectivity index (χ2n) is 7.05. The van der Waals surface area contributed by atoms with Crippen molar-refractivity contribution in [1.29, 1.82) is 0 Å². The highest BCUT2D eigenvalue weighted by Gasteiger charge is 2.15. The fourth-order valence-corrected chi connectivity index (χ4v) is 3.93. The van der Waals surface area contributed by atoms with Crippen LogP contribution in [0.1, 0.15) is 22.7 Å². The van der Waals surface area contributed by atoms with E-state index in [1.54, 1.807) is 6.07 Å². The molecule has 0 amide bonds. The summed E-state index contributed by atoms with van der Waals surface area (Å²) < 4.78 is 24.5. The van der Waals surface area contributed by atoms with Crippen LogP contribution in [0.2, 0.25) is 0 Å². The first-order valence-electron chi connectivity index (χ1n) is 9.81. The highest BCUT2D eigenvalue weighted by Crippen LogP contribution is 2.27. The Bertz CT molecular complexity index is 987. The number of oxazole rings is 1. The van der Waals surface area contributed by atoms with Crippen molar-refractivity contribution in [2.45, 2.75) is 31.4 Å². The number of anilines is 2. The van der Waals surface area contributed by atoms with Crippen molar-refractivity contribution >= 4 is 23.3 Å². The van der Waals surface area contributed by atoms with E-state index in [0.717, 1.165) is 47.3 Å². The van der Waals surface area contributed by atoms with Crippen molar-refractivity contribution in [2.24, 2.45) is 0 Å². The van der Waals surface area contributed by atoms with Crippen LogP contribution in [0.3, 0.4) is 0 Å². The van der Waals surface area contributed by atoms with Crippen LogP contribution in [0.5, 0.6) is 0 Å². The van der Waals surface area contributed by atoms with Gasteiger partial charge in [-0.15, -0.1) is 0 Å². The van der Waals surface area contributed by atoms with Crippen LogP contribution in [0.25, 0.3) is 0 Å². The molecule has 9 heteroatoms. The van der Waals surface area contributed by atoms with Crippen molar-refractivity contribution in [3.63, 3.8) is 0 Å². The lowest BCUT2D eigenvalue weighted by molar-refractivity contribution is 0.122. The second-order valence-corrected chi connectivity index (χ2v) is 7.98. The van der Waals surface area contributed by atoms with Gasteiger partial charge in [-0.2, -0.15) is 4.39 Å². The van der Waals surface area contributed by atoms with Gasteiger partial charge in [-0.05, 0) is 37.6 Å². The van der Waals surface area contributed by atoms with Crippen LogP contribution in [0.4, 0.5) is 15.9 Å². The minimum atomic E-state index is -0.488. The molecule has 0 aromatic carbocycles. The molecule has 4 rings (SSSR count). The summed E-state index contributed by atoms with van der Waals surface area (Å²) in [5, 5.41) is 3.95. The van der Waals surface area contributed by atoms with Gasteiger partial charge in [0.15, 0.2) is 0 Å². The average molecular weight is 430 g/mol. The topological polar surface area (TPSA) is 76.3 Å². The van der Waals surface area contributed by atoms with E-state index < -0.39 is 5.95 Å². The van der Waals surface area contributed by atoms with E-state index in [0.29, 0.717) is 30.7 Å². The fraction of sp³-hybridized carbons (Fsp3) is 0.381. The molecule has 1 saturated heterocycles. The number of aryl methyl sites for hydroxylation is 2. The summed E-state index contributed by atoms with van der Waals surface area (Å²) in [7, 11) is 0. The SMILES string of the molecule is Cc1nc(SCc2cc(N3CCOCC3)cc(NCc3ccnc(F)c3)n2)oc1C. The molecule has 1 fully saturated rings. The number of thioether (sulfide) groups is 1. The summed E-state index contributed by atoms with van der Waals surface area (Å²) in [6, 6.07) is 7.32. The van der Waals surface area contributed by atoms with Gasteiger partial charge < -0.3 is 19.4 Å². The summed E-state index contributed by atoms with van der Waals surface area (Å²) >= 11 is 1.52. The van der Waals surface area contributed by atoms with Gasteiger partial charge in [0.25, 0.3) is 5.22 Å². The fourth-order valence-electron chi connectivity index (χ4n) is 3.13. The van der Waals surface area contributed by atoms with Crippen LogP contribution < -0.4 is 10.2 Å². The molecule has 0 bridgehead atoms. The Morgan fingerprint density at radius 2 is 2.00 bits per heavy atom. The Morgan fingerprint density at radius 3 is 2.73 bits per heavy atom. The third-order valence-corrected chi connectivity index (χ3v) is 5.72. The number of hydrogen-bond acceptors (Lipinski definition) is 8. The smallest absolute Gasteiger partial charge is 0.256 e. The van der Waals surface area contributed by atoms with Gasteiger partial charge in [-0.25, -0.2) is 15.0 Å². The largest absolute Gasteiger partial charge is 0.437 e. The standard InChI is InChI=1S/C21H24FN5O2S/c1-14-15(2)29-21(25-14)30-13-17-10-18(27-5-7-28-8-6-27)11-20(26-17)24-12-16-3-4-23-19(22)9-16/h3-4,9-11H,5-8,12-13H2,1-2H3,(H,24,26). The lowest BCUT2D eigenvalue weighted by Crippen LogP contribution is -2.36. The number of morpholine rings is 1. The van der Waals surface area contributed by atoms with Crippen LogP contribution in [0, 0.1) is 19.8 Å². The Balaban J connectivity index is 1.52. The minimum Gasteiger partial charge on any atom is -0.437 e. The van der Waals surface area contributed by atoms with Gasteiger partial charge in [0.05, 0.1) is 24.6 Å². The monoisotopic (exact) mass is 429 g/mol. The molecular formula is C21H24FN5O2S. The summed E-state index contributed by atoms with van der Waals surface area (Å²) in [6.07, 6.45) is 1.46. The molecule has 0 aliphatic carbocycles. The van der Waals surface area contributed by atoms with Gasteiger partial charge in [0.2, 0.25) is 5.95 Å². The van der Waals surface area contributed by atoms with Crippen molar-refractivity contribution in [1.82, 2.24) is 15.0 Å². The third kappa shape index (κ3) is 5.28. The van der Waals surface area contributed by atoms with Gasteiger partial charge in [-0.3, -0.25) is 0 Å². The molecule has 1 aliphatic heterocycles. The molecular weight excluding hydrogens is 405 g/mol. The molecule has 3 aromatic rings. The molecule has 0 saturated carbocycles. The van der Waals surface area contributed by atoms with Gasteiger partial charge >= 0.3 is 0 Å². The zero-order chi connectivity index (χ0) is 20.9. The molecule has 1 aliphatic rings. The Morgan fingerprint density at radius 1 is 1.17 bits per heavy atom. The van der Waals surface area contributed by atoms with Gasteiger partial charge in [0.1, 0.15) is 11.6 Å². The van der Waals surface area contributed by atoms with E-state index in [-0.39, 0.29) is 0 Å². The highest BCUT2D eigenvalue weighted by molar-refractivity contribution is 7.98. The first-order valence-corrected chi connectivity index (χ1v) is 10.8. The summed E-state index contributed by atoms with van der Waals surface area (Å²) in [5.41, 5.74) is 3.72. The molecule has 30 heavy (non-hydrogen) atoms. The van der Waals surface area contributed by atoms with Crippen LogP contribution in [0.15, 0.2) is 40.1 Å². The Kier molecular flexibility index (Phi) is 6.49. The Labute approximate surface area is 179 Å². The van der Waals surface area contributed by atoms with E-state index in [2.05, 4.69) is 26.3 Å². The number of pyridine rings is 2. The predicted molar refractivity (Wildman–Crippen MR) is 114 cm³/mol. The number of ether oxygens (including phenoxy) is 1. The zero-order valence-corrected chi connectivity index (χ0v) is 17.8. The van der Waals surface area contributed by atoms with E-state index in [1.807, 2.05) is 19.9 Å². The number of aromatic nitrogens is 3. The molecule has 0 radical (unpaired) electrons. The van der Waals surface area contributed by atoms with Crippen molar-refractivity contribution in [3.05, 3.63) is 59.1 Å². The van der Waals surface area contributed by atoms with Gasteiger partial charge in [0, 0.05) is 43.3 Å². The van der Waals surface area contributed by atoms with Crippen molar-refractivity contribution in [2.75, 3.05) is 36.5 Å². The molecule has 0 atom stereocenters. The summed E-state index contributed by atoms with van der Waals surface area (Å²) in [5.74, 6) is 1.72. The van der Waals surface area contributed by atoms with E-state index in [4.69, 9.17) is 14.1 Å². The van der Waals surface area contributed by atoms with E-state index in [9.17, 15) is 4.39 Å². The molecule has 0 unspecified atom stereocenters. The van der Waals surface area contributed by atoms with E-state index in [1.165, 1.54) is 24.0 Å². The number of hydrogen-bond donors (Lipinski definition) is 1. The lowest BCUT2D eigenvalue weighted by atomic mass is 10.2. The molecule has 158 valence electrons.